The molecule has 2 aliphatic rings. The van der Waals surface area contributed by atoms with Crippen LogP contribution in [0.4, 0.5) is 4.79 Å². The Hall–Kier alpha value is -4.17. The van der Waals surface area contributed by atoms with Crippen LogP contribution in [0.25, 0.3) is 11.1 Å². The number of fused-ring (bicyclic) bond motifs is 3. The van der Waals surface area contributed by atoms with Gasteiger partial charge in [0.25, 0.3) is 0 Å². The molecule has 0 aromatic heterocycles. The van der Waals surface area contributed by atoms with Gasteiger partial charge < -0.3 is 24.8 Å². The van der Waals surface area contributed by atoms with Crippen molar-refractivity contribution in [3.8, 4) is 11.1 Å². The van der Waals surface area contributed by atoms with Crippen LogP contribution in [-0.2, 0) is 25.7 Å². The van der Waals surface area contributed by atoms with Gasteiger partial charge in [0.15, 0.2) is 0 Å². The van der Waals surface area contributed by atoms with Crippen LogP contribution in [0.5, 0.6) is 0 Å². The first-order valence-electron chi connectivity index (χ1n) is 14.1. The van der Waals surface area contributed by atoms with E-state index in [2.05, 4.69) is 17.4 Å². The molecule has 1 aliphatic carbocycles. The van der Waals surface area contributed by atoms with E-state index in [4.69, 9.17) is 9.47 Å². The van der Waals surface area contributed by atoms with Crippen LogP contribution in [0.2, 0.25) is 0 Å². The van der Waals surface area contributed by atoms with E-state index in [0.29, 0.717) is 13.0 Å². The zero-order valence-corrected chi connectivity index (χ0v) is 23.4. The fraction of sp³-hybridized carbons (Fsp3) is 0.364. The summed E-state index contributed by atoms with van der Waals surface area (Å²) in [6, 6.07) is 24.7. The first kappa shape index (κ1) is 28.4. The Kier molecular flexibility index (Phi) is 8.69. The predicted octanol–water partition coefficient (Wildman–Crippen LogP) is 5.07. The number of carbonyl (C=O) groups is 3. The van der Waals surface area contributed by atoms with Gasteiger partial charge in [0.2, 0.25) is 5.91 Å². The number of hydrogen-bond acceptors (Lipinski definition) is 5. The number of nitrogens with zero attached hydrogens (tertiary/aromatic N) is 1. The van der Waals surface area contributed by atoms with E-state index < -0.39 is 30.1 Å². The SMILES string of the molecule is CC1CCN(C(=O)C(NC(=O)OCC2c3ccccc3-c3ccccc32)C(C)OCc2ccccc2)CC1C(=O)O. The van der Waals surface area contributed by atoms with E-state index in [-0.39, 0.29) is 37.5 Å². The molecule has 8 heteroatoms. The Morgan fingerprint density at radius 1 is 0.951 bits per heavy atom. The summed E-state index contributed by atoms with van der Waals surface area (Å²) >= 11 is 0. The average molecular weight is 557 g/mol. The molecule has 8 nitrogen and oxygen atoms in total. The van der Waals surface area contributed by atoms with Crippen LogP contribution in [0.3, 0.4) is 0 Å². The van der Waals surface area contributed by atoms with E-state index in [1.807, 2.05) is 73.7 Å². The molecule has 0 saturated carbocycles. The molecular formula is C33H36N2O6. The second-order valence-corrected chi connectivity index (χ2v) is 10.9. The molecule has 2 N–H and O–H groups in total. The molecule has 1 heterocycles. The molecule has 214 valence electrons. The third-order valence-corrected chi connectivity index (χ3v) is 8.30. The second-order valence-electron chi connectivity index (χ2n) is 10.9. The van der Waals surface area contributed by atoms with Crippen LogP contribution < -0.4 is 5.32 Å². The fourth-order valence-corrected chi connectivity index (χ4v) is 5.83. The van der Waals surface area contributed by atoms with Crippen molar-refractivity contribution in [2.45, 2.75) is 44.9 Å². The number of hydrogen-bond donors (Lipinski definition) is 2. The number of piperidine rings is 1. The molecule has 1 aliphatic heterocycles. The molecule has 0 spiro atoms. The molecule has 4 atom stereocenters. The normalized spacial score (nSPS) is 19.5. The molecule has 2 amide bonds. The highest BCUT2D eigenvalue weighted by Crippen LogP contribution is 2.44. The molecule has 0 bridgehead atoms. The molecule has 1 saturated heterocycles. The van der Waals surface area contributed by atoms with Gasteiger partial charge in [-0.05, 0) is 47.1 Å². The highest BCUT2D eigenvalue weighted by atomic mass is 16.5. The maximum atomic E-state index is 13.7. The Balaban J connectivity index is 1.29. The number of nitrogens with one attached hydrogen (secondary N) is 1. The Morgan fingerprint density at radius 3 is 2.20 bits per heavy atom. The van der Waals surface area contributed by atoms with E-state index in [9.17, 15) is 19.5 Å². The average Bonchev–Trinajstić information content (AvgIpc) is 3.31. The van der Waals surface area contributed by atoms with E-state index in [0.717, 1.165) is 27.8 Å². The Bertz CT molecular complexity index is 1350. The summed E-state index contributed by atoms with van der Waals surface area (Å²) in [5.74, 6) is -2.13. The smallest absolute Gasteiger partial charge is 0.407 e. The number of aliphatic carboxylic acids is 1. The maximum Gasteiger partial charge on any atom is 0.407 e. The molecule has 5 rings (SSSR count). The molecule has 41 heavy (non-hydrogen) atoms. The number of carbonyl (C=O) groups excluding carboxylic acids is 2. The first-order valence-corrected chi connectivity index (χ1v) is 14.1. The maximum absolute atomic E-state index is 13.7. The van der Waals surface area contributed by atoms with E-state index in [1.165, 1.54) is 4.90 Å². The van der Waals surface area contributed by atoms with Gasteiger partial charge in [-0.15, -0.1) is 0 Å². The molecule has 4 unspecified atom stereocenters. The summed E-state index contributed by atoms with van der Waals surface area (Å²) in [4.78, 5) is 40.2. The van der Waals surface area contributed by atoms with Gasteiger partial charge in [-0.25, -0.2) is 4.79 Å². The first-order chi connectivity index (χ1) is 19.8. The fourth-order valence-electron chi connectivity index (χ4n) is 5.83. The lowest BCUT2D eigenvalue weighted by atomic mass is 9.87. The summed E-state index contributed by atoms with van der Waals surface area (Å²) in [5, 5.41) is 12.4. The van der Waals surface area contributed by atoms with Crippen LogP contribution in [-0.4, -0.2) is 59.8 Å². The number of alkyl carbamates (subject to hydrolysis) is 1. The Labute approximate surface area is 240 Å². The topological polar surface area (TPSA) is 105 Å². The van der Waals surface area contributed by atoms with E-state index >= 15 is 0 Å². The van der Waals surface area contributed by atoms with Crippen molar-refractivity contribution in [2.75, 3.05) is 19.7 Å². The van der Waals surface area contributed by atoms with Crippen molar-refractivity contribution >= 4 is 18.0 Å². The van der Waals surface area contributed by atoms with Gasteiger partial charge in [0, 0.05) is 19.0 Å². The molecule has 3 aromatic rings. The van der Waals surface area contributed by atoms with Crippen molar-refractivity contribution in [2.24, 2.45) is 11.8 Å². The third kappa shape index (κ3) is 6.28. The number of likely N-dealkylation sites (tertiary alicyclic amines) is 1. The van der Waals surface area contributed by atoms with Crippen LogP contribution >= 0.6 is 0 Å². The highest BCUT2D eigenvalue weighted by Gasteiger charge is 2.38. The zero-order chi connectivity index (χ0) is 28.9. The minimum absolute atomic E-state index is 0.0446. The quantitative estimate of drug-likeness (QED) is 0.381. The molecule has 3 aromatic carbocycles. The molecular weight excluding hydrogens is 520 g/mol. The lowest BCUT2D eigenvalue weighted by Gasteiger charge is -2.37. The Morgan fingerprint density at radius 2 is 1.56 bits per heavy atom. The number of benzene rings is 3. The largest absolute Gasteiger partial charge is 0.481 e. The molecule has 0 radical (unpaired) electrons. The summed E-state index contributed by atoms with van der Waals surface area (Å²) in [6.45, 7) is 4.49. The minimum Gasteiger partial charge on any atom is -0.481 e. The number of amides is 2. The van der Waals surface area contributed by atoms with Gasteiger partial charge in [-0.1, -0.05) is 85.8 Å². The zero-order valence-electron chi connectivity index (χ0n) is 23.4. The second kappa shape index (κ2) is 12.6. The lowest BCUT2D eigenvalue weighted by Crippen LogP contribution is -2.57. The predicted molar refractivity (Wildman–Crippen MR) is 154 cm³/mol. The van der Waals surface area contributed by atoms with Crippen LogP contribution in [0.1, 0.15) is 42.9 Å². The van der Waals surface area contributed by atoms with Crippen molar-refractivity contribution in [1.82, 2.24) is 10.2 Å². The number of ether oxygens (including phenoxy) is 2. The van der Waals surface area contributed by atoms with Gasteiger partial charge in [-0.2, -0.15) is 0 Å². The standard InChI is InChI=1S/C33H36N2O6/c1-21-16-17-35(18-28(21)32(37)38)31(36)30(22(2)40-19-23-10-4-3-5-11-23)34-33(39)41-20-29-26-14-8-6-12-24(26)25-13-7-9-15-27(25)29/h3-15,21-22,28-30H,16-20H2,1-2H3,(H,34,39)(H,37,38). The number of carboxylic acid groups (broad SMARTS) is 1. The number of rotatable bonds is 9. The van der Waals surface area contributed by atoms with Crippen molar-refractivity contribution in [3.05, 3.63) is 95.6 Å². The van der Waals surface area contributed by atoms with Crippen molar-refractivity contribution < 1.29 is 29.0 Å². The third-order valence-electron chi connectivity index (χ3n) is 8.30. The van der Waals surface area contributed by atoms with Crippen LogP contribution in [0.15, 0.2) is 78.9 Å². The highest BCUT2D eigenvalue weighted by molar-refractivity contribution is 5.87. The van der Waals surface area contributed by atoms with Gasteiger partial charge in [-0.3, -0.25) is 9.59 Å². The summed E-state index contributed by atoms with van der Waals surface area (Å²) in [6.07, 6.45) is -0.842. The van der Waals surface area contributed by atoms with E-state index in [1.54, 1.807) is 6.92 Å². The molecule has 1 fully saturated rings. The summed E-state index contributed by atoms with van der Waals surface area (Å²) in [7, 11) is 0. The van der Waals surface area contributed by atoms with Crippen molar-refractivity contribution in [1.29, 1.82) is 0 Å². The minimum atomic E-state index is -1.04. The number of carboxylic acids is 1. The lowest BCUT2D eigenvalue weighted by molar-refractivity contribution is -0.149. The monoisotopic (exact) mass is 556 g/mol. The summed E-state index contributed by atoms with van der Waals surface area (Å²) < 4.78 is 11.8. The van der Waals surface area contributed by atoms with Crippen LogP contribution in [0, 0.1) is 11.8 Å². The summed E-state index contributed by atoms with van der Waals surface area (Å²) in [5.41, 5.74) is 5.37. The van der Waals surface area contributed by atoms with Gasteiger partial charge in [0.1, 0.15) is 12.6 Å². The van der Waals surface area contributed by atoms with Gasteiger partial charge >= 0.3 is 12.1 Å². The van der Waals surface area contributed by atoms with Gasteiger partial charge in [0.05, 0.1) is 18.6 Å². The van der Waals surface area contributed by atoms with Crippen molar-refractivity contribution in [3.63, 3.8) is 0 Å².